The van der Waals surface area contributed by atoms with E-state index in [9.17, 15) is 19.8 Å². The third-order valence-corrected chi connectivity index (χ3v) is 5.64. The Kier molecular flexibility index (Phi) is 7.33. The van der Waals surface area contributed by atoms with Crippen LogP contribution in [0.25, 0.3) is 11.1 Å². The zero-order valence-corrected chi connectivity index (χ0v) is 17.4. The maximum atomic E-state index is 12.2. The second kappa shape index (κ2) is 10.1. The molecule has 0 heterocycles. The van der Waals surface area contributed by atoms with Gasteiger partial charge in [0.1, 0.15) is 11.5 Å². The van der Waals surface area contributed by atoms with Gasteiger partial charge in [-0.15, -0.1) is 0 Å². The fourth-order valence-electron chi connectivity index (χ4n) is 3.95. The minimum Gasteiger partial charge on any atom is -0.507 e. The zero-order valence-electron chi connectivity index (χ0n) is 17.4. The summed E-state index contributed by atoms with van der Waals surface area (Å²) in [6.45, 7) is 2.52. The molecule has 0 bridgehead atoms. The molecule has 2 aromatic rings. The van der Waals surface area contributed by atoms with Crippen LogP contribution in [0.15, 0.2) is 36.4 Å². The molecule has 0 atom stereocenters. The highest BCUT2D eigenvalue weighted by atomic mass is 16.3. The average molecular weight is 411 g/mol. The molecule has 1 saturated carbocycles. The number of hydrogen-bond acceptors (Lipinski definition) is 4. The van der Waals surface area contributed by atoms with Crippen molar-refractivity contribution in [2.75, 3.05) is 13.1 Å². The summed E-state index contributed by atoms with van der Waals surface area (Å²) in [5.41, 5.74) is 3.01. The fraction of sp³-hybridized carbons (Fsp3) is 0.417. The van der Waals surface area contributed by atoms with Crippen molar-refractivity contribution in [3.05, 3.63) is 47.5 Å². The molecule has 1 aliphatic rings. The van der Waals surface area contributed by atoms with E-state index in [1.165, 1.54) is 6.92 Å². The Morgan fingerprint density at radius 1 is 0.867 bits per heavy atom. The smallest absolute Gasteiger partial charge is 0.223 e. The van der Waals surface area contributed by atoms with Gasteiger partial charge in [-0.25, -0.2) is 0 Å². The predicted octanol–water partition coefficient (Wildman–Crippen LogP) is 3.29. The van der Waals surface area contributed by atoms with Crippen molar-refractivity contribution in [1.82, 2.24) is 10.6 Å². The van der Waals surface area contributed by atoms with Gasteiger partial charge in [0, 0.05) is 37.1 Å². The summed E-state index contributed by atoms with van der Waals surface area (Å²) in [4.78, 5) is 23.2. The lowest BCUT2D eigenvalue weighted by Gasteiger charge is -2.13. The van der Waals surface area contributed by atoms with Gasteiger partial charge >= 0.3 is 0 Å². The minimum absolute atomic E-state index is 0.0836. The van der Waals surface area contributed by atoms with E-state index in [4.69, 9.17) is 0 Å². The maximum absolute atomic E-state index is 12.2. The molecule has 30 heavy (non-hydrogen) atoms. The Hall–Kier alpha value is -3.02. The SMILES string of the molecule is CC(=O)NCCc1ccc(O)c(-c2cc(CCNC(=O)C3CCCC3)ccc2O)c1. The van der Waals surface area contributed by atoms with E-state index < -0.39 is 0 Å². The highest BCUT2D eigenvalue weighted by Gasteiger charge is 2.22. The number of hydrogen-bond donors (Lipinski definition) is 4. The molecule has 160 valence electrons. The number of nitrogens with one attached hydrogen (secondary N) is 2. The lowest BCUT2D eigenvalue weighted by Crippen LogP contribution is -2.30. The first-order valence-corrected chi connectivity index (χ1v) is 10.6. The summed E-state index contributed by atoms with van der Waals surface area (Å²) in [5, 5.41) is 26.5. The van der Waals surface area contributed by atoms with Gasteiger partial charge < -0.3 is 20.8 Å². The summed E-state index contributed by atoms with van der Waals surface area (Å²) in [6.07, 6.45) is 5.49. The largest absolute Gasteiger partial charge is 0.507 e. The Balaban J connectivity index is 1.68. The molecule has 0 saturated heterocycles. The van der Waals surface area contributed by atoms with E-state index in [0.717, 1.165) is 36.8 Å². The second-order valence-electron chi connectivity index (χ2n) is 7.96. The van der Waals surface area contributed by atoms with E-state index >= 15 is 0 Å². The Morgan fingerprint density at radius 3 is 1.87 bits per heavy atom. The van der Waals surface area contributed by atoms with Crippen LogP contribution in [0.1, 0.15) is 43.7 Å². The molecule has 0 aliphatic heterocycles. The number of carbonyl (C=O) groups is 2. The lowest BCUT2D eigenvalue weighted by atomic mass is 9.97. The van der Waals surface area contributed by atoms with E-state index in [0.29, 0.717) is 37.1 Å². The number of phenolic OH excluding ortho intramolecular Hbond substituents is 2. The number of phenols is 2. The van der Waals surface area contributed by atoms with Crippen molar-refractivity contribution in [1.29, 1.82) is 0 Å². The molecular weight excluding hydrogens is 380 g/mol. The van der Waals surface area contributed by atoms with Crippen molar-refractivity contribution in [3.63, 3.8) is 0 Å². The van der Waals surface area contributed by atoms with Crippen LogP contribution < -0.4 is 10.6 Å². The number of aromatic hydroxyl groups is 2. The molecule has 0 spiro atoms. The standard InChI is InChI=1S/C24H30N2O4/c1-16(27)25-12-10-17-6-8-22(28)20(14-17)21-15-18(7-9-23(21)29)11-13-26-24(30)19-4-2-3-5-19/h6-9,14-15,19,28-29H,2-5,10-13H2,1H3,(H,25,27)(H,26,30). The summed E-state index contributed by atoms with van der Waals surface area (Å²) in [7, 11) is 0. The van der Waals surface area contributed by atoms with Gasteiger partial charge in [-0.3, -0.25) is 9.59 Å². The normalized spacial score (nSPS) is 13.9. The van der Waals surface area contributed by atoms with Crippen LogP contribution in [-0.4, -0.2) is 35.1 Å². The number of benzene rings is 2. The molecule has 6 heteroatoms. The van der Waals surface area contributed by atoms with E-state index in [1.54, 1.807) is 18.2 Å². The van der Waals surface area contributed by atoms with Gasteiger partial charge in [-0.05, 0) is 61.1 Å². The molecule has 1 fully saturated rings. The van der Waals surface area contributed by atoms with E-state index in [1.807, 2.05) is 18.2 Å². The van der Waals surface area contributed by atoms with Crippen molar-refractivity contribution in [2.45, 2.75) is 45.4 Å². The van der Waals surface area contributed by atoms with E-state index in [2.05, 4.69) is 10.6 Å². The average Bonchev–Trinajstić information content (AvgIpc) is 3.25. The predicted molar refractivity (Wildman–Crippen MR) is 116 cm³/mol. The van der Waals surface area contributed by atoms with Gasteiger partial charge in [0.2, 0.25) is 11.8 Å². The third kappa shape index (κ3) is 5.75. The number of rotatable bonds is 8. The Bertz CT molecular complexity index is 904. The quantitative estimate of drug-likeness (QED) is 0.537. The van der Waals surface area contributed by atoms with Crippen molar-refractivity contribution < 1.29 is 19.8 Å². The highest BCUT2D eigenvalue weighted by molar-refractivity contribution is 5.79. The Labute approximate surface area is 177 Å². The maximum Gasteiger partial charge on any atom is 0.223 e. The zero-order chi connectivity index (χ0) is 21.5. The summed E-state index contributed by atoms with van der Waals surface area (Å²) < 4.78 is 0. The first-order chi connectivity index (χ1) is 14.4. The topological polar surface area (TPSA) is 98.7 Å². The summed E-state index contributed by atoms with van der Waals surface area (Å²) >= 11 is 0. The summed E-state index contributed by atoms with van der Waals surface area (Å²) in [6, 6.07) is 10.5. The van der Waals surface area contributed by atoms with Gasteiger partial charge in [0.15, 0.2) is 0 Å². The molecule has 3 rings (SSSR count). The molecule has 2 aromatic carbocycles. The van der Waals surface area contributed by atoms with Gasteiger partial charge in [-0.1, -0.05) is 25.0 Å². The van der Waals surface area contributed by atoms with Crippen LogP contribution in [0.3, 0.4) is 0 Å². The van der Waals surface area contributed by atoms with Crippen molar-refractivity contribution in [2.24, 2.45) is 5.92 Å². The molecular formula is C24H30N2O4. The van der Waals surface area contributed by atoms with Crippen LogP contribution in [-0.2, 0) is 22.4 Å². The van der Waals surface area contributed by atoms with Gasteiger partial charge in [-0.2, -0.15) is 0 Å². The summed E-state index contributed by atoms with van der Waals surface area (Å²) in [5.74, 6) is 0.372. The molecule has 6 nitrogen and oxygen atoms in total. The van der Waals surface area contributed by atoms with Crippen molar-refractivity contribution >= 4 is 11.8 Å². The first-order valence-electron chi connectivity index (χ1n) is 10.6. The third-order valence-electron chi connectivity index (χ3n) is 5.64. The van der Waals surface area contributed by atoms with Gasteiger partial charge in [0.05, 0.1) is 0 Å². The van der Waals surface area contributed by atoms with E-state index in [-0.39, 0.29) is 29.2 Å². The van der Waals surface area contributed by atoms with Crippen LogP contribution in [0.2, 0.25) is 0 Å². The highest BCUT2D eigenvalue weighted by Crippen LogP contribution is 2.36. The Morgan fingerprint density at radius 2 is 1.37 bits per heavy atom. The van der Waals surface area contributed by atoms with Crippen LogP contribution in [0, 0.1) is 5.92 Å². The monoisotopic (exact) mass is 410 g/mol. The molecule has 2 amide bonds. The second-order valence-corrected chi connectivity index (χ2v) is 7.96. The van der Waals surface area contributed by atoms with Crippen LogP contribution in [0.4, 0.5) is 0 Å². The molecule has 0 unspecified atom stereocenters. The van der Waals surface area contributed by atoms with Crippen LogP contribution >= 0.6 is 0 Å². The number of carbonyl (C=O) groups excluding carboxylic acids is 2. The number of amides is 2. The fourth-order valence-corrected chi connectivity index (χ4v) is 3.95. The minimum atomic E-state index is -0.0839. The first kappa shape index (κ1) is 21.7. The molecule has 4 N–H and O–H groups in total. The van der Waals surface area contributed by atoms with Crippen LogP contribution in [0.5, 0.6) is 11.5 Å². The lowest BCUT2D eigenvalue weighted by molar-refractivity contribution is -0.124. The molecule has 0 aromatic heterocycles. The molecule has 1 aliphatic carbocycles. The van der Waals surface area contributed by atoms with Gasteiger partial charge in [0.25, 0.3) is 0 Å². The van der Waals surface area contributed by atoms with Crippen molar-refractivity contribution in [3.8, 4) is 22.6 Å². The molecule has 0 radical (unpaired) electrons.